The first-order chi connectivity index (χ1) is 18.9. The second kappa shape index (κ2) is 15.9. The molecule has 1 aromatic heterocycles. The van der Waals surface area contributed by atoms with Crippen molar-refractivity contribution in [2.75, 3.05) is 54.5 Å². The van der Waals surface area contributed by atoms with Crippen molar-refractivity contribution in [2.24, 2.45) is 0 Å². The van der Waals surface area contributed by atoms with E-state index >= 15 is 0 Å². The van der Waals surface area contributed by atoms with E-state index in [1.165, 1.54) is 11.1 Å². The van der Waals surface area contributed by atoms with Crippen LogP contribution in [0.3, 0.4) is 0 Å². The Labute approximate surface area is 235 Å². The molecular weight excluding hydrogens is 482 g/mol. The molecule has 0 N–H and O–H groups in total. The second-order valence-electron chi connectivity index (χ2n) is 10.1. The fourth-order valence-electron chi connectivity index (χ4n) is 4.13. The van der Waals surface area contributed by atoms with Crippen LogP contribution in [-0.4, -0.2) is 69.3 Å². The molecule has 1 heterocycles. The fraction of sp³-hybridized carbons (Fsp3) is 0.324. The molecule has 0 bridgehead atoms. The highest BCUT2D eigenvalue weighted by Gasteiger charge is 2.31. The highest BCUT2D eigenvalue weighted by Crippen LogP contribution is 2.31. The summed E-state index contributed by atoms with van der Waals surface area (Å²) in [5.74, 6) is 0. The van der Waals surface area contributed by atoms with Crippen molar-refractivity contribution in [3.8, 4) is 0 Å². The Kier molecular flexibility index (Phi) is 12.3. The molecule has 0 fully saturated rings. The first kappa shape index (κ1) is 30.2. The van der Waals surface area contributed by atoms with Crippen molar-refractivity contribution in [1.82, 2.24) is 14.8 Å². The van der Waals surface area contributed by atoms with Crippen LogP contribution < -0.4 is 0 Å². The summed E-state index contributed by atoms with van der Waals surface area (Å²) in [6.45, 7) is 5.28. The van der Waals surface area contributed by atoms with Crippen LogP contribution in [0.15, 0.2) is 115 Å². The van der Waals surface area contributed by atoms with Gasteiger partial charge in [0.1, 0.15) is 11.7 Å². The van der Waals surface area contributed by atoms with Crippen LogP contribution in [0.25, 0.3) is 0 Å². The molecule has 0 aliphatic rings. The molecule has 4 rings (SSSR count). The third kappa shape index (κ3) is 9.72. The number of pyridine rings is 1. The van der Waals surface area contributed by atoms with Gasteiger partial charge >= 0.3 is 0 Å². The van der Waals surface area contributed by atoms with Crippen molar-refractivity contribution in [2.45, 2.75) is 18.6 Å². The zero-order valence-corrected chi connectivity index (χ0v) is 24.0. The van der Waals surface area contributed by atoms with Crippen LogP contribution in [0, 0.1) is 0 Å². The minimum absolute atomic E-state index is 0.0161. The molecule has 1 atom stereocenters. The van der Waals surface area contributed by atoms with Crippen molar-refractivity contribution >= 4 is 0 Å². The first-order valence-electron chi connectivity index (χ1n) is 13.5. The molecule has 4 aromatic rings. The van der Waals surface area contributed by atoms with Crippen LogP contribution in [0.5, 0.6) is 0 Å². The van der Waals surface area contributed by atoms with Gasteiger partial charge in [0.15, 0.2) is 0 Å². The van der Waals surface area contributed by atoms with Gasteiger partial charge in [0.25, 0.3) is 0 Å². The molecule has 0 spiro atoms. The molecule has 39 heavy (non-hydrogen) atoms. The van der Waals surface area contributed by atoms with E-state index in [0.29, 0.717) is 6.61 Å². The predicted octanol–water partition coefficient (Wildman–Crippen LogP) is 6.28. The van der Waals surface area contributed by atoms with Crippen LogP contribution in [0.4, 0.5) is 0 Å². The van der Waals surface area contributed by atoms with Crippen molar-refractivity contribution in [1.29, 1.82) is 0 Å². The van der Waals surface area contributed by atoms with Gasteiger partial charge in [-0.05, 0) is 63.9 Å². The summed E-state index contributed by atoms with van der Waals surface area (Å²) >= 11 is 0. The van der Waals surface area contributed by atoms with Gasteiger partial charge in [-0.1, -0.05) is 97.1 Å². The zero-order chi connectivity index (χ0) is 27.9. The van der Waals surface area contributed by atoms with Crippen LogP contribution in [0.2, 0.25) is 0 Å². The van der Waals surface area contributed by atoms with E-state index in [2.05, 4.69) is 96.5 Å². The molecule has 3 aromatic carbocycles. The van der Waals surface area contributed by atoms with E-state index in [1.54, 1.807) is 0 Å². The Morgan fingerprint density at radius 1 is 0.641 bits per heavy atom. The standard InChI is InChI=1S/C17H22N2O.C17H21NO/c1-17(20-14-13-19(2)3,15-9-5-4-6-10-15)16-11-7-8-12-18-16;1-18(2)13-14-19-17(15-9-5-3-6-10-15)16-11-7-4-8-12-16/h4-12H,13-14H2,1-3H3;3-12,17H,13-14H2,1-2H3. The number of rotatable bonds is 12. The summed E-state index contributed by atoms with van der Waals surface area (Å²) in [6.07, 6.45) is 1.83. The molecule has 1 unspecified atom stereocenters. The van der Waals surface area contributed by atoms with Crippen LogP contribution >= 0.6 is 0 Å². The van der Waals surface area contributed by atoms with Gasteiger partial charge in [-0.15, -0.1) is 0 Å². The van der Waals surface area contributed by atoms with E-state index in [1.807, 2.05) is 68.8 Å². The molecule has 5 nitrogen and oxygen atoms in total. The minimum Gasteiger partial charge on any atom is -0.367 e. The van der Waals surface area contributed by atoms with Gasteiger partial charge in [0, 0.05) is 19.3 Å². The maximum Gasteiger partial charge on any atom is 0.132 e. The Balaban J connectivity index is 0.000000216. The minimum atomic E-state index is -0.515. The molecule has 0 saturated carbocycles. The van der Waals surface area contributed by atoms with Gasteiger partial charge in [-0.3, -0.25) is 4.98 Å². The van der Waals surface area contributed by atoms with Gasteiger partial charge in [0.2, 0.25) is 0 Å². The van der Waals surface area contributed by atoms with Crippen molar-refractivity contribution in [3.05, 3.63) is 138 Å². The van der Waals surface area contributed by atoms with Gasteiger partial charge in [-0.25, -0.2) is 0 Å². The summed E-state index contributed by atoms with van der Waals surface area (Å²) in [5, 5.41) is 0. The van der Waals surface area contributed by atoms with Crippen molar-refractivity contribution in [3.63, 3.8) is 0 Å². The number of hydrogen-bond acceptors (Lipinski definition) is 5. The Morgan fingerprint density at radius 2 is 1.13 bits per heavy atom. The number of likely N-dealkylation sites (N-methyl/N-ethyl adjacent to an activating group) is 2. The summed E-state index contributed by atoms with van der Waals surface area (Å²) in [6, 6.07) is 37.0. The van der Waals surface area contributed by atoms with Gasteiger partial charge < -0.3 is 19.3 Å². The molecule has 0 aliphatic carbocycles. The SMILES string of the molecule is CN(C)CCOC(C)(c1ccccc1)c1ccccn1.CN(C)CCOC(c1ccccc1)c1ccccc1. The maximum atomic E-state index is 6.21. The van der Waals surface area contributed by atoms with E-state index < -0.39 is 5.60 Å². The van der Waals surface area contributed by atoms with E-state index in [4.69, 9.17) is 9.47 Å². The average molecular weight is 526 g/mol. The lowest BCUT2D eigenvalue weighted by Crippen LogP contribution is -2.32. The third-order valence-corrected chi connectivity index (χ3v) is 6.44. The zero-order valence-electron chi connectivity index (χ0n) is 24.0. The number of ether oxygens (including phenoxy) is 2. The molecule has 0 radical (unpaired) electrons. The maximum absolute atomic E-state index is 6.21. The normalized spacial score (nSPS) is 12.7. The van der Waals surface area contributed by atoms with Gasteiger partial charge in [0.05, 0.1) is 18.9 Å². The number of nitrogens with zero attached hydrogens (tertiary/aromatic N) is 3. The summed E-state index contributed by atoms with van der Waals surface area (Å²) < 4.78 is 12.3. The molecule has 0 saturated heterocycles. The molecule has 0 amide bonds. The van der Waals surface area contributed by atoms with Gasteiger partial charge in [-0.2, -0.15) is 0 Å². The monoisotopic (exact) mass is 525 g/mol. The van der Waals surface area contributed by atoms with E-state index in [-0.39, 0.29) is 6.10 Å². The molecular formula is C34H43N3O2. The third-order valence-electron chi connectivity index (χ3n) is 6.44. The average Bonchev–Trinajstić information content (AvgIpc) is 2.97. The molecule has 5 heteroatoms. The Bertz CT molecular complexity index is 1090. The quantitative estimate of drug-likeness (QED) is 0.218. The smallest absolute Gasteiger partial charge is 0.132 e. The number of hydrogen-bond donors (Lipinski definition) is 0. The van der Waals surface area contributed by atoms with Crippen LogP contribution in [-0.2, 0) is 15.1 Å². The lowest BCUT2D eigenvalue weighted by Gasteiger charge is -2.30. The van der Waals surface area contributed by atoms with E-state index in [9.17, 15) is 0 Å². The van der Waals surface area contributed by atoms with E-state index in [0.717, 1.165) is 31.0 Å². The second-order valence-corrected chi connectivity index (χ2v) is 10.1. The highest BCUT2D eigenvalue weighted by molar-refractivity contribution is 5.32. The first-order valence-corrected chi connectivity index (χ1v) is 13.5. The van der Waals surface area contributed by atoms with Crippen molar-refractivity contribution < 1.29 is 9.47 Å². The number of benzene rings is 3. The number of aromatic nitrogens is 1. The largest absolute Gasteiger partial charge is 0.367 e. The summed E-state index contributed by atoms with van der Waals surface area (Å²) in [7, 11) is 8.21. The summed E-state index contributed by atoms with van der Waals surface area (Å²) in [5.41, 5.74) is 3.95. The lowest BCUT2D eigenvalue weighted by atomic mass is 9.91. The van der Waals surface area contributed by atoms with Crippen LogP contribution in [0.1, 0.15) is 35.4 Å². The topological polar surface area (TPSA) is 37.8 Å². The summed E-state index contributed by atoms with van der Waals surface area (Å²) in [4.78, 5) is 8.73. The Hall–Kier alpha value is -3.35. The highest BCUT2D eigenvalue weighted by atomic mass is 16.5. The Morgan fingerprint density at radius 3 is 1.62 bits per heavy atom. The molecule has 0 aliphatic heterocycles. The lowest BCUT2D eigenvalue weighted by molar-refractivity contribution is -0.0131. The predicted molar refractivity (Wildman–Crippen MR) is 161 cm³/mol. The fourth-order valence-corrected chi connectivity index (χ4v) is 4.13. The molecule has 206 valence electrons.